The van der Waals surface area contributed by atoms with Crippen molar-refractivity contribution in [3.63, 3.8) is 0 Å². The maximum absolute atomic E-state index is 13.1. The van der Waals surface area contributed by atoms with Crippen LogP contribution in [-0.2, 0) is 23.7 Å². The van der Waals surface area contributed by atoms with Gasteiger partial charge in [0.25, 0.3) is 0 Å². The number of amides is 1. The molecule has 5 aliphatic rings. The summed E-state index contributed by atoms with van der Waals surface area (Å²) in [7, 11) is 0. The quantitative estimate of drug-likeness (QED) is 0.0408. The van der Waals surface area contributed by atoms with Crippen molar-refractivity contribution in [3.05, 3.63) is 36.0 Å². The van der Waals surface area contributed by atoms with Gasteiger partial charge in [0, 0.05) is 26.0 Å². The van der Waals surface area contributed by atoms with Crippen LogP contribution in [0.5, 0.6) is 0 Å². The van der Waals surface area contributed by atoms with Gasteiger partial charge in [-0.1, -0.05) is 142 Å². The van der Waals surface area contributed by atoms with Gasteiger partial charge < -0.3 is 29.2 Å². The third-order valence-corrected chi connectivity index (χ3v) is 17.8. The number of allylic oxidation sites excluding steroid dienone is 5. The second-order valence-corrected chi connectivity index (χ2v) is 23.5. The van der Waals surface area contributed by atoms with Crippen LogP contribution in [0.1, 0.15) is 222 Å². The van der Waals surface area contributed by atoms with Gasteiger partial charge in [-0.2, -0.15) is 0 Å². The van der Waals surface area contributed by atoms with E-state index in [0.29, 0.717) is 25.0 Å². The van der Waals surface area contributed by atoms with E-state index in [1.807, 2.05) is 0 Å². The minimum Gasteiger partial charge on any atom is -0.464 e. The lowest BCUT2D eigenvalue weighted by Gasteiger charge is -2.58. The van der Waals surface area contributed by atoms with E-state index in [0.717, 1.165) is 93.9 Å². The molecule has 1 amide bonds. The molecule has 0 aromatic rings. The van der Waals surface area contributed by atoms with Crippen LogP contribution in [-0.4, -0.2) is 81.3 Å². The van der Waals surface area contributed by atoms with Crippen LogP contribution in [0.25, 0.3) is 0 Å². The molecule has 3 saturated carbocycles. The van der Waals surface area contributed by atoms with Crippen LogP contribution >= 0.6 is 0 Å². The van der Waals surface area contributed by atoms with Crippen molar-refractivity contribution < 1.29 is 28.5 Å². The number of piperidine rings is 1. The molecule has 0 aromatic heterocycles. The van der Waals surface area contributed by atoms with Crippen LogP contribution in [0.2, 0.25) is 0 Å². The third-order valence-electron chi connectivity index (χ3n) is 17.8. The number of alkyl carbamates (subject to hydrolysis) is 1. The summed E-state index contributed by atoms with van der Waals surface area (Å²) >= 11 is 0. The summed E-state index contributed by atoms with van der Waals surface area (Å²) in [6.45, 7) is 21.7. The Hall–Kier alpha value is -2.16. The lowest BCUT2D eigenvalue weighted by atomic mass is 9.47. The first-order chi connectivity index (χ1) is 32.9. The summed E-state index contributed by atoms with van der Waals surface area (Å²) in [6, 6.07) is -0.781. The van der Waals surface area contributed by atoms with Crippen LogP contribution in [0.4, 0.5) is 4.79 Å². The number of ether oxygens (including phenoxy) is 4. The van der Waals surface area contributed by atoms with Crippen molar-refractivity contribution in [1.82, 2.24) is 10.2 Å². The van der Waals surface area contributed by atoms with E-state index in [2.05, 4.69) is 82.1 Å². The van der Waals surface area contributed by atoms with Crippen molar-refractivity contribution in [1.29, 1.82) is 0 Å². The fourth-order valence-corrected chi connectivity index (χ4v) is 13.8. The Labute approximate surface area is 417 Å². The van der Waals surface area contributed by atoms with Crippen LogP contribution in [0, 0.1) is 46.3 Å². The first kappa shape index (κ1) is 56.8. The van der Waals surface area contributed by atoms with Gasteiger partial charge in [0.15, 0.2) is 0 Å². The number of carbonyl (C=O) groups is 2. The summed E-state index contributed by atoms with van der Waals surface area (Å²) < 4.78 is 24.1. The first-order valence-corrected chi connectivity index (χ1v) is 29.0. The van der Waals surface area contributed by atoms with Crippen LogP contribution in [0.15, 0.2) is 36.0 Å². The zero-order valence-corrected chi connectivity index (χ0v) is 45.0. The SMILES string of the molecule is CCCCC/C=C\C/C=C\CCCCCCCCOCC(CN1CCCCC1)OCCCOC(=O)[C@H](C)NC(=O)O[C@H]1CC[C@@]2(C)C(=CCC3C4CCC(C(C)CCCC(C)C)[C@@]4(C)CCC32)C1. The molecular formula is C60H104N2O6. The Morgan fingerprint density at radius 2 is 1.51 bits per heavy atom. The van der Waals surface area contributed by atoms with Gasteiger partial charge in [-0.3, -0.25) is 0 Å². The number of nitrogens with zero attached hydrogens (tertiary/aromatic N) is 1. The molecule has 0 spiro atoms. The van der Waals surface area contributed by atoms with Gasteiger partial charge in [0.05, 0.1) is 25.9 Å². The van der Waals surface area contributed by atoms with Crippen molar-refractivity contribution in [3.8, 4) is 0 Å². The van der Waals surface area contributed by atoms with E-state index >= 15 is 0 Å². The molecule has 390 valence electrons. The molecule has 0 radical (unpaired) electrons. The summed E-state index contributed by atoms with van der Waals surface area (Å²) in [5, 5.41) is 2.77. The molecule has 1 N–H and O–H groups in total. The predicted octanol–water partition coefficient (Wildman–Crippen LogP) is 15.1. The van der Waals surface area contributed by atoms with Gasteiger partial charge in [-0.05, 0) is 163 Å². The fourth-order valence-electron chi connectivity index (χ4n) is 13.8. The number of esters is 1. The topological polar surface area (TPSA) is 86.3 Å². The summed E-state index contributed by atoms with van der Waals surface area (Å²) in [5.41, 5.74) is 2.19. The van der Waals surface area contributed by atoms with Gasteiger partial charge in [0.2, 0.25) is 0 Å². The number of unbranched alkanes of at least 4 members (excludes halogenated alkanes) is 9. The van der Waals surface area contributed by atoms with Gasteiger partial charge in [-0.15, -0.1) is 0 Å². The minimum atomic E-state index is -0.781. The molecule has 4 fully saturated rings. The molecule has 8 heteroatoms. The van der Waals surface area contributed by atoms with Crippen molar-refractivity contribution in [2.45, 2.75) is 240 Å². The molecular weight excluding hydrogens is 845 g/mol. The maximum atomic E-state index is 13.1. The summed E-state index contributed by atoms with van der Waals surface area (Å²) in [5.74, 6) is 4.41. The standard InChI is InChI=1S/C60H104N2O6/c1-8-9-10-11-12-13-14-15-16-17-18-19-20-21-22-26-41-65-46-52(45-62-39-24-23-25-40-62)66-42-28-43-67-57(63)49(5)61-58(64)68-51-35-37-59(6)50(44-51)31-32-53-55-34-33-54(48(4)30-27-29-47(2)3)60(55,7)38-36-56(53)59/h12-13,15-16,31,47-49,51-56H,8-11,14,17-30,32-46H2,1-7H3,(H,61,64)/b13-12-,16-15-/t48?,49-,51-,52?,53?,54?,55?,56?,59-,60+/m0/s1. The number of carbonyl (C=O) groups excluding carboxylic acids is 2. The van der Waals surface area contributed by atoms with E-state index in [1.54, 1.807) is 6.92 Å². The summed E-state index contributed by atoms with van der Waals surface area (Å²) in [6.07, 6.45) is 44.1. The first-order valence-electron chi connectivity index (χ1n) is 29.0. The number of hydrogen-bond acceptors (Lipinski definition) is 7. The minimum absolute atomic E-state index is 0.00352. The smallest absolute Gasteiger partial charge is 0.408 e. The van der Waals surface area contributed by atoms with Gasteiger partial charge >= 0.3 is 12.1 Å². The second kappa shape index (κ2) is 30.7. The molecule has 1 saturated heterocycles. The fraction of sp³-hybridized carbons (Fsp3) is 0.867. The molecule has 5 rings (SSSR count). The zero-order chi connectivity index (χ0) is 48.6. The Morgan fingerprint density at radius 3 is 2.26 bits per heavy atom. The third kappa shape index (κ3) is 18.2. The van der Waals surface area contributed by atoms with Crippen molar-refractivity contribution >= 4 is 12.1 Å². The van der Waals surface area contributed by atoms with Gasteiger partial charge in [0.1, 0.15) is 12.1 Å². The highest BCUT2D eigenvalue weighted by molar-refractivity contribution is 5.80. The number of nitrogens with one attached hydrogen (secondary N) is 1. The van der Waals surface area contributed by atoms with E-state index < -0.39 is 18.1 Å². The molecule has 10 atom stereocenters. The highest BCUT2D eigenvalue weighted by atomic mass is 16.6. The average molecular weight is 949 g/mol. The lowest BCUT2D eigenvalue weighted by molar-refractivity contribution is -0.146. The normalized spacial score (nSPS) is 28.8. The molecule has 4 aliphatic carbocycles. The Bertz CT molecular complexity index is 1520. The van der Waals surface area contributed by atoms with E-state index in [-0.39, 0.29) is 24.2 Å². The zero-order valence-electron chi connectivity index (χ0n) is 45.0. The largest absolute Gasteiger partial charge is 0.464 e. The number of likely N-dealkylation sites (tertiary alicyclic amines) is 1. The van der Waals surface area contributed by atoms with Crippen molar-refractivity contribution in [2.75, 3.05) is 46.1 Å². The highest BCUT2D eigenvalue weighted by Crippen LogP contribution is 2.67. The summed E-state index contributed by atoms with van der Waals surface area (Å²) in [4.78, 5) is 28.6. The van der Waals surface area contributed by atoms with Crippen molar-refractivity contribution in [2.24, 2.45) is 46.3 Å². The lowest BCUT2D eigenvalue weighted by Crippen LogP contribution is -2.51. The Balaban J connectivity index is 0.928. The molecule has 1 aliphatic heterocycles. The Morgan fingerprint density at radius 1 is 0.779 bits per heavy atom. The van der Waals surface area contributed by atoms with E-state index in [1.165, 1.54) is 140 Å². The molecule has 0 aromatic carbocycles. The highest BCUT2D eigenvalue weighted by Gasteiger charge is 2.59. The predicted molar refractivity (Wildman–Crippen MR) is 282 cm³/mol. The molecule has 0 bridgehead atoms. The number of rotatable bonds is 32. The number of fused-ring (bicyclic) bond motifs is 5. The van der Waals surface area contributed by atoms with Gasteiger partial charge in [-0.25, -0.2) is 9.59 Å². The van der Waals surface area contributed by atoms with E-state index in [9.17, 15) is 9.59 Å². The van der Waals surface area contributed by atoms with E-state index in [4.69, 9.17) is 18.9 Å². The second-order valence-electron chi connectivity index (χ2n) is 23.5. The maximum Gasteiger partial charge on any atom is 0.408 e. The van der Waals surface area contributed by atoms with Crippen LogP contribution < -0.4 is 5.32 Å². The molecule has 8 nitrogen and oxygen atoms in total. The molecule has 6 unspecified atom stereocenters. The Kier molecular flexibility index (Phi) is 25.6. The average Bonchev–Trinajstić information content (AvgIpc) is 3.68. The van der Waals surface area contributed by atoms with Crippen LogP contribution in [0.3, 0.4) is 0 Å². The number of hydrogen-bond donors (Lipinski definition) is 1. The molecule has 68 heavy (non-hydrogen) atoms. The monoisotopic (exact) mass is 949 g/mol. The molecule has 1 heterocycles.